The first-order valence-corrected chi connectivity index (χ1v) is 13.2. The number of nitrogens with zero attached hydrogens (tertiary/aromatic N) is 1. The molecule has 1 aromatic heterocycles. The summed E-state index contributed by atoms with van der Waals surface area (Å²) in [5, 5.41) is 13.4. The molecular formula is C23H33N4O9P. The molecule has 0 spiro atoms. The first-order chi connectivity index (χ1) is 17.2. The number of aliphatic hydroxyl groups is 1. The van der Waals surface area contributed by atoms with Crippen LogP contribution in [-0.4, -0.2) is 57.1 Å². The molecule has 2 heterocycles. The van der Waals surface area contributed by atoms with Crippen LogP contribution in [0, 0.1) is 6.92 Å². The zero-order chi connectivity index (χ0) is 27.5. The van der Waals surface area contributed by atoms with Crippen molar-refractivity contribution in [3.05, 3.63) is 62.9 Å². The number of hydrogen-bond donors (Lipinski definition) is 4. The van der Waals surface area contributed by atoms with Crippen LogP contribution in [0.15, 0.2) is 46.1 Å². The smallest absolute Gasteiger partial charge is 0.459 e. The third kappa shape index (κ3) is 6.75. The van der Waals surface area contributed by atoms with E-state index < -0.39 is 67.7 Å². The van der Waals surface area contributed by atoms with Gasteiger partial charge in [-0.1, -0.05) is 18.2 Å². The Morgan fingerprint density at radius 3 is 2.57 bits per heavy atom. The molecule has 3 rings (SSSR count). The van der Waals surface area contributed by atoms with E-state index in [1.807, 2.05) is 0 Å². The zero-order valence-electron chi connectivity index (χ0n) is 21.2. The molecule has 6 atom stereocenters. The number of ether oxygens (including phenoxy) is 2. The fraction of sp³-hybridized carbons (Fsp3) is 0.522. The van der Waals surface area contributed by atoms with Crippen molar-refractivity contribution >= 4 is 13.7 Å². The summed E-state index contributed by atoms with van der Waals surface area (Å²) in [6, 6.07) is 7.09. The lowest BCUT2D eigenvalue weighted by molar-refractivity contribution is -0.149. The summed E-state index contributed by atoms with van der Waals surface area (Å²) < 4.78 is 36.9. The maximum absolute atomic E-state index is 13.7. The van der Waals surface area contributed by atoms with Crippen molar-refractivity contribution in [3.63, 3.8) is 0 Å². The molecule has 2 aromatic rings. The van der Waals surface area contributed by atoms with E-state index in [0.29, 0.717) is 0 Å². The quantitative estimate of drug-likeness (QED) is 0.248. The molecule has 1 fully saturated rings. The number of nitrogens with two attached hydrogens (primary N) is 1. The van der Waals surface area contributed by atoms with Gasteiger partial charge in [-0.3, -0.25) is 23.7 Å². The van der Waals surface area contributed by atoms with Crippen molar-refractivity contribution in [1.29, 1.82) is 0 Å². The average molecular weight is 541 g/mol. The summed E-state index contributed by atoms with van der Waals surface area (Å²) in [4.78, 5) is 38.6. The minimum absolute atomic E-state index is 0.201. The molecule has 0 aliphatic carbocycles. The molecule has 14 heteroatoms. The molecule has 0 radical (unpaired) electrons. The number of para-hydroxylation sites is 1. The van der Waals surface area contributed by atoms with Crippen LogP contribution in [0.5, 0.6) is 5.75 Å². The molecule has 0 saturated carbocycles. The number of carbonyl (C=O) groups excluding carboxylic acids is 1. The van der Waals surface area contributed by atoms with Gasteiger partial charge in [0.15, 0.2) is 6.23 Å². The SMILES string of the molecule is Cc1cn(C2OC(COP(=O)(NC(C)C(=O)OC(C)C)Oc3ccccc3)C(O)C2(C)N)c(=O)[nH]c1=O. The second-order valence-electron chi connectivity index (χ2n) is 9.35. The predicted octanol–water partition coefficient (Wildman–Crippen LogP) is 0.954. The number of aliphatic hydroxyl groups excluding tert-OH is 1. The zero-order valence-corrected chi connectivity index (χ0v) is 22.1. The Kier molecular flexibility index (Phi) is 8.78. The van der Waals surface area contributed by atoms with Gasteiger partial charge in [-0.25, -0.2) is 9.36 Å². The molecule has 1 aromatic carbocycles. The lowest BCUT2D eigenvalue weighted by Crippen LogP contribution is -2.53. The number of benzene rings is 1. The molecule has 13 nitrogen and oxygen atoms in total. The van der Waals surface area contributed by atoms with Crippen LogP contribution in [0.3, 0.4) is 0 Å². The number of aryl methyl sites for hydroxylation is 1. The molecule has 1 aliphatic rings. The van der Waals surface area contributed by atoms with Gasteiger partial charge in [0.05, 0.1) is 18.2 Å². The van der Waals surface area contributed by atoms with Crippen molar-refractivity contribution in [3.8, 4) is 5.75 Å². The van der Waals surface area contributed by atoms with Crippen LogP contribution in [-0.2, 0) is 23.4 Å². The van der Waals surface area contributed by atoms with Gasteiger partial charge in [0.1, 0.15) is 24.0 Å². The number of esters is 1. The number of nitrogens with one attached hydrogen (secondary N) is 2. The van der Waals surface area contributed by atoms with Gasteiger partial charge in [-0.15, -0.1) is 0 Å². The Labute approximate surface area is 213 Å². The van der Waals surface area contributed by atoms with Crippen LogP contribution < -0.4 is 26.6 Å². The summed E-state index contributed by atoms with van der Waals surface area (Å²) in [5.41, 5.74) is 3.72. The van der Waals surface area contributed by atoms with Gasteiger partial charge in [0.2, 0.25) is 0 Å². The monoisotopic (exact) mass is 540 g/mol. The number of carbonyl (C=O) groups is 1. The Hall–Kier alpha value is -2.80. The van der Waals surface area contributed by atoms with Crippen molar-refractivity contribution < 1.29 is 33.0 Å². The molecule has 37 heavy (non-hydrogen) atoms. The first-order valence-electron chi connectivity index (χ1n) is 11.7. The highest BCUT2D eigenvalue weighted by Crippen LogP contribution is 2.46. The van der Waals surface area contributed by atoms with Crippen LogP contribution in [0.25, 0.3) is 0 Å². The van der Waals surface area contributed by atoms with Gasteiger partial charge in [0, 0.05) is 11.8 Å². The van der Waals surface area contributed by atoms with E-state index in [9.17, 15) is 24.1 Å². The molecule has 6 unspecified atom stereocenters. The molecular weight excluding hydrogens is 507 g/mol. The summed E-state index contributed by atoms with van der Waals surface area (Å²) in [6.45, 7) is 7.28. The molecule has 1 saturated heterocycles. The van der Waals surface area contributed by atoms with Gasteiger partial charge < -0.3 is 24.8 Å². The van der Waals surface area contributed by atoms with Crippen molar-refractivity contribution in [2.24, 2.45) is 5.73 Å². The van der Waals surface area contributed by atoms with E-state index in [1.54, 1.807) is 44.2 Å². The number of H-pyrrole nitrogens is 1. The minimum atomic E-state index is -4.23. The number of aromatic amines is 1. The second-order valence-corrected chi connectivity index (χ2v) is 11.0. The second kappa shape index (κ2) is 11.3. The number of rotatable bonds is 10. The van der Waals surface area contributed by atoms with E-state index in [4.69, 9.17) is 24.3 Å². The van der Waals surface area contributed by atoms with Crippen LogP contribution >= 0.6 is 7.75 Å². The van der Waals surface area contributed by atoms with E-state index in [2.05, 4.69) is 10.1 Å². The Balaban J connectivity index is 1.82. The van der Waals surface area contributed by atoms with Crippen molar-refractivity contribution in [1.82, 2.24) is 14.6 Å². The third-order valence-electron chi connectivity index (χ3n) is 5.66. The molecule has 0 amide bonds. The highest BCUT2D eigenvalue weighted by Gasteiger charge is 2.52. The lowest BCUT2D eigenvalue weighted by atomic mass is 9.93. The normalized spacial score (nSPS) is 26.0. The maximum Gasteiger partial charge on any atom is 0.459 e. The number of hydrogen-bond acceptors (Lipinski definition) is 10. The largest absolute Gasteiger partial charge is 0.462 e. The molecule has 204 valence electrons. The highest BCUT2D eigenvalue weighted by molar-refractivity contribution is 7.52. The van der Waals surface area contributed by atoms with E-state index >= 15 is 0 Å². The standard InChI is InChI=1S/C23H33N4O9P/c1-13(2)34-20(30)15(4)26-37(32,36-16-9-7-6-8-10-16)33-12-17-18(28)23(5,24)21(35-17)27-11-14(3)19(29)25-22(27)31/h6-11,13,15,17-18,21,28H,12,24H2,1-5H3,(H,26,32)(H,25,29,31). The summed E-state index contributed by atoms with van der Waals surface area (Å²) >= 11 is 0. The Morgan fingerprint density at radius 1 is 1.30 bits per heavy atom. The molecule has 1 aliphatic heterocycles. The summed E-state index contributed by atoms with van der Waals surface area (Å²) in [5.74, 6) is -0.470. The number of aromatic nitrogens is 2. The third-order valence-corrected chi connectivity index (χ3v) is 7.30. The van der Waals surface area contributed by atoms with Crippen LogP contribution in [0.4, 0.5) is 0 Å². The van der Waals surface area contributed by atoms with Crippen molar-refractivity contribution in [2.75, 3.05) is 6.61 Å². The minimum Gasteiger partial charge on any atom is -0.462 e. The van der Waals surface area contributed by atoms with E-state index in [1.165, 1.54) is 27.0 Å². The van der Waals surface area contributed by atoms with Crippen LogP contribution in [0.1, 0.15) is 39.5 Å². The lowest BCUT2D eigenvalue weighted by Gasteiger charge is -2.29. The molecule has 5 N–H and O–H groups in total. The van der Waals surface area contributed by atoms with E-state index in [-0.39, 0.29) is 11.3 Å². The summed E-state index contributed by atoms with van der Waals surface area (Å²) in [7, 11) is -4.23. The maximum atomic E-state index is 13.7. The van der Waals surface area contributed by atoms with E-state index in [0.717, 1.165) is 4.57 Å². The van der Waals surface area contributed by atoms with Crippen molar-refractivity contribution in [2.45, 2.75) is 70.7 Å². The van der Waals surface area contributed by atoms with Gasteiger partial charge >= 0.3 is 19.4 Å². The fourth-order valence-corrected chi connectivity index (χ4v) is 5.20. The first kappa shape index (κ1) is 28.8. The van der Waals surface area contributed by atoms with Gasteiger partial charge in [-0.2, -0.15) is 5.09 Å². The topological polar surface area (TPSA) is 184 Å². The average Bonchev–Trinajstić information content (AvgIpc) is 3.03. The Bertz CT molecular complexity index is 1260. The van der Waals surface area contributed by atoms with Gasteiger partial charge in [-0.05, 0) is 46.8 Å². The Morgan fingerprint density at radius 2 is 1.95 bits per heavy atom. The van der Waals surface area contributed by atoms with Crippen LogP contribution in [0.2, 0.25) is 0 Å². The highest BCUT2D eigenvalue weighted by atomic mass is 31.2. The predicted molar refractivity (Wildman–Crippen MR) is 133 cm³/mol. The fourth-order valence-electron chi connectivity index (χ4n) is 3.70. The molecule has 0 bridgehead atoms. The summed E-state index contributed by atoms with van der Waals surface area (Å²) in [6.07, 6.45) is -2.81. The van der Waals surface area contributed by atoms with Gasteiger partial charge in [0.25, 0.3) is 5.56 Å².